The summed E-state index contributed by atoms with van der Waals surface area (Å²) in [5.41, 5.74) is 28.9. The Kier molecular flexibility index (Phi) is 35.8. The van der Waals surface area contributed by atoms with E-state index in [-0.39, 0.29) is 63.8 Å². The minimum absolute atomic E-state index is 0.0287. The smallest absolute Gasteiger partial charge is 0.246 e. The van der Waals surface area contributed by atoms with Gasteiger partial charge in [0.1, 0.15) is 90.6 Å². The highest BCUT2D eigenvalue weighted by molar-refractivity contribution is 8.77. The highest BCUT2D eigenvalue weighted by Gasteiger charge is 2.45. The van der Waals surface area contributed by atoms with Crippen molar-refractivity contribution in [3.63, 3.8) is 0 Å². The zero-order valence-electron chi connectivity index (χ0n) is 62.4. The summed E-state index contributed by atoms with van der Waals surface area (Å²) >= 11 is 0. The van der Waals surface area contributed by atoms with E-state index < -0.39 is 264 Å². The van der Waals surface area contributed by atoms with Gasteiger partial charge >= 0.3 is 0 Å². The summed E-state index contributed by atoms with van der Waals surface area (Å²) in [5.74, 6) is -24.3. The highest BCUT2D eigenvalue weighted by Crippen LogP contribution is 2.27. The first-order valence-corrected chi connectivity index (χ1v) is 40.9. The third-order valence-corrected chi connectivity index (χ3v) is 23.3. The van der Waals surface area contributed by atoms with Gasteiger partial charge in [0.2, 0.25) is 112 Å². The monoisotopic (exact) mass is 1660 g/mol. The van der Waals surface area contributed by atoms with Crippen molar-refractivity contribution in [2.75, 3.05) is 49.3 Å². The maximum atomic E-state index is 14.7. The fourth-order valence-electron chi connectivity index (χ4n) is 12.1. The first kappa shape index (κ1) is 91.5. The second-order valence-corrected chi connectivity index (χ2v) is 32.5. The van der Waals surface area contributed by atoms with Gasteiger partial charge in [-0.1, -0.05) is 77.3 Å². The summed E-state index contributed by atoms with van der Waals surface area (Å²) in [6.07, 6.45) is 2.26. The summed E-state index contributed by atoms with van der Waals surface area (Å²) in [6, 6.07) is -25.2. The highest BCUT2D eigenvalue weighted by atomic mass is 33.1. The van der Waals surface area contributed by atoms with Gasteiger partial charge in [-0.05, 0) is 44.4 Å². The molecule has 2 aromatic heterocycles. The van der Waals surface area contributed by atoms with Crippen LogP contribution in [0, 0.1) is 11.8 Å². The number of H-pyrrole nitrogens is 2. The fraction of sp³-hybridized carbons (Fsp3) is 0.615. The van der Waals surface area contributed by atoms with Gasteiger partial charge in [0, 0.05) is 72.7 Å². The number of carbonyl (C=O) groups excluding carboxylic acids is 19. The second kappa shape index (κ2) is 44.2. The second-order valence-electron chi connectivity index (χ2n) is 27.4. The zero-order chi connectivity index (χ0) is 83.5. The molecule has 0 unspecified atom stereocenters. The van der Waals surface area contributed by atoms with Gasteiger partial charge in [-0.25, -0.2) is 9.97 Å². The van der Waals surface area contributed by atoms with E-state index in [0.29, 0.717) is 11.4 Å². The molecule has 16 atom stereocenters. The molecular weight excluding hydrogens is 1570 g/mol. The molecule has 4 fully saturated rings. The molecule has 44 nitrogen and oxygen atoms in total. The summed E-state index contributed by atoms with van der Waals surface area (Å²) in [6.45, 7) is 5.26. The lowest BCUT2D eigenvalue weighted by Gasteiger charge is -2.31. The van der Waals surface area contributed by atoms with Crippen LogP contribution in [-0.4, -0.2) is 287 Å². The Morgan fingerprint density at radius 1 is 0.496 bits per heavy atom. The molecule has 0 aromatic carbocycles. The standard InChI is InChI=1S/C65H98N24O20S4/c1-6-29(4)50-63(107)83-39(51(70)95)22-110-112-25-42-59(103)82-38(21-90)56(100)80-36(14-32-20-72-27-74-32)64(108)88-11-7-9-43(88)60(104)75-30(5)52(96)84-41(24-113-111-23-40(57(101)85-42)76-48(94)18-66)58(102)77-35(16-46(68)92)55(99)86-49(28(2)3)62(106)79-34(15-45(67)91)53(97)81-37(17-47(69)93)65(109)89-12-8-10-44(89)61(105)78-33(54(98)87-50)13-31-19-71-26-73-31/h19-20,26-30,33-44,49-50,90H,6-18,21-25,66H2,1-5H3,(H2,67,91)(H2,68,92)(H2,69,93)(H2,70,95)(H,71,73)(H,72,74)(H,75,104)(H,76,94)(H,77,102)(H,78,105)(H,79,106)(H,80,100)(H,81,97)(H,82,103)(H,83,107)(H,84,96)(H,85,101)(H,86,99)(H,87,98)/t29-,30-,33-,34-,35-,36-,37-,38-,39-,40-,41-,42-,43-,44-,49-,50-/m0/s1. The van der Waals surface area contributed by atoms with Crippen molar-refractivity contribution in [2.45, 2.75) is 189 Å². The van der Waals surface area contributed by atoms with E-state index in [0.717, 1.165) is 53.0 Å². The molecule has 6 heterocycles. The number of aliphatic hydroxyl groups excluding tert-OH is 1. The number of nitrogens with two attached hydrogens (primary N) is 5. The lowest BCUT2D eigenvalue weighted by Crippen LogP contribution is -2.62. The number of carbonyl (C=O) groups is 19. The molecule has 2 aromatic rings. The average molecular weight is 1660 g/mol. The van der Waals surface area contributed by atoms with Gasteiger partial charge in [-0.2, -0.15) is 0 Å². The van der Waals surface area contributed by atoms with Crippen LogP contribution in [-0.2, 0) is 104 Å². The first-order valence-electron chi connectivity index (χ1n) is 36.0. The molecule has 4 saturated heterocycles. The normalized spacial score (nSPS) is 28.0. The van der Waals surface area contributed by atoms with Crippen LogP contribution >= 0.6 is 43.2 Å². The topological polar surface area (TPSA) is 695 Å². The summed E-state index contributed by atoms with van der Waals surface area (Å²) in [5, 5.41) is 42.7. The van der Waals surface area contributed by atoms with Crippen molar-refractivity contribution in [3.8, 4) is 0 Å². The number of aromatic nitrogens is 4. The minimum atomic E-state index is -2.00. The molecule has 19 amide bonds. The number of imidazole rings is 2. The Hall–Kier alpha value is -10.3. The molecule has 0 radical (unpaired) electrons. The summed E-state index contributed by atoms with van der Waals surface area (Å²) in [7, 11) is 3.16. The van der Waals surface area contributed by atoms with Gasteiger partial charge < -0.3 is 123 Å². The van der Waals surface area contributed by atoms with E-state index in [1.165, 1.54) is 45.8 Å². The van der Waals surface area contributed by atoms with Crippen LogP contribution in [0.1, 0.15) is 97.4 Å². The van der Waals surface area contributed by atoms with Crippen LogP contribution in [0.15, 0.2) is 25.0 Å². The van der Waals surface area contributed by atoms with Crippen molar-refractivity contribution in [3.05, 3.63) is 36.4 Å². The third kappa shape index (κ3) is 27.5. The number of nitrogens with zero attached hydrogens (tertiary/aromatic N) is 4. The van der Waals surface area contributed by atoms with Gasteiger partial charge in [0.25, 0.3) is 0 Å². The molecule has 0 aliphatic carbocycles. The number of rotatable bonds is 17. The number of amides is 19. The zero-order valence-corrected chi connectivity index (χ0v) is 65.6. The van der Waals surface area contributed by atoms with Gasteiger partial charge in [0.05, 0.1) is 45.1 Å². The Morgan fingerprint density at radius 2 is 0.920 bits per heavy atom. The Bertz CT molecular complexity index is 3810. The summed E-state index contributed by atoms with van der Waals surface area (Å²) in [4.78, 5) is 284. The molecule has 4 aliphatic rings. The van der Waals surface area contributed by atoms with E-state index in [9.17, 15) is 96.2 Å². The summed E-state index contributed by atoms with van der Waals surface area (Å²) < 4.78 is 0. The molecule has 26 N–H and O–H groups in total. The van der Waals surface area contributed by atoms with Crippen LogP contribution in [0.5, 0.6) is 0 Å². The van der Waals surface area contributed by atoms with Gasteiger partial charge in [-0.3, -0.25) is 91.1 Å². The largest absolute Gasteiger partial charge is 0.394 e. The predicted octanol–water partition coefficient (Wildman–Crippen LogP) is -10.2. The number of fused-ring (bicyclic) bond motifs is 10. The van der Waals surface area contributed by atoms with Crippen molar-refractivity contribution >= 4 is 155 Å². The number of aromatic amines is 2. The predicted molar refractivity (Wildman–Crippen MR) is 406 cm³/mol. The van der Waals surface area contributed by atoms with Crippen LogP contribution in [0.4, 0.5) is 0 Å². The molecule has 622 valence electrons. The Balaban J connectivity index is 1.47. The lowest BCUT2D eigenvalue weighted by molar-refractivity contribution is -0.143. The van der Waals surface area contributed by atoms with Crippen LogP contribution in [0.2, 0.25) is 0 Å². The lowest BCUT2D eigenvalue weighted by atomic mass is 9.97. The van der Waals surface area contributed by atoms with Crippen molar-refractivity contribution < 1.29 is 96.2 Å². The van der Waals surface area contributed by atoms with Gasteiger partial charge in [0.15, 0.2) is 0 Å². The number of hydrogen-bond acceptors (Lipinski definition) is 27. The number of primary amides is 4. The molecule has 6 rings (SSSR count). The van der Waals surface area contributed by atoms with Crippen molar-refractivity contribution in [2.24, 2.45) is 40.5 Å². The third-order valence-electron chi connectivity index (χ3n) is 18.5. The fourth-order valence-corrected chi connectivity index (χ4v) is 16.8. The molecule has 0 saturated carbocycles. The van der Waals surface area contributed by atoms with Gasteiger partial charge in [-0.15, -0.1) is 0 Å². The molecule has 2 bridgehead atoms. The Labute approximate surface area is 662 Å². The maximum absolute atomic E-state index is 14.7. The van der Waals surface area contributed by atoms with E-state index in [2.05, 4.69) is 89.1 Å². The number of nitrogens with one attached hydrogen (secondary N) is 15. The first-order chi connectivity index (χ1) is 53.5. The average Bonchev–Trinajstić information content (AvgIpc) is 1.73. The van der Waals surface area contributed by atoms with Crippen LogP contribution < -0.4 is 97.8 Å². The SMILES string of the molecule is CC[C@H](C)[C@@H]1NC(=O)[C@H](Cc2cnc[nH]2)NC(=O)[C@@H]2CCCN2C(=O)[C@H](CC(N)=O)NC(=O)[C@H](CC(N)=O)NC(=O)[C@H](C(C)C)NC(=O)[C@H](CC(N)=O)NC(=O)[C@@H]2CSSC[C@H](NC(=O)CN)C(=O)N[C@@H](CSSC[C@@H](C(N)=O)NC1=O)C(=O)N[C@@H](CO)C(=O)N[C@@H](Cc1cnc[nH]1)C(=O)N1CCC[C@H]1C(=O)N[C@@H](C)C(=O)N2. The van der Waals surface area contributed by atoms with E-state index in [4.69, 9.17) is 28.7 Å². The van der Waals surface area contributed by atoms with Crippen LogP contribution in [0.25, 0.3) is 0 Å². The van der Waals surface area contributed by atoms with E-state index >= 15 is 0 Å². The molecule has 48 heteroatoms. The Morgan fingerprint density at radius 3 is 1.42 bits per heavy atom. The van der Waals surface area contributed by atoms with Crippen molar-refractivity contribution in [1.82, 2.24) is 98.9 Å². The molecule has 4 aliphatic heterocycles. The van der Waals surface area contributed by atoms with Crippen LogP contribution in [0.3, 0.4) is 0 Å². The molecule has 0 spiro atoms. The van der Waals surface area contributed by atoms with E-state index in [1.54, 1.807) is 13.8 Å². The van der Waals surface area contributed by atoms with E-state index in [1.807, 2.05) is 0 Å². The molecule has 113 heavy (non-hydrogen) atoms. The van der Waals surface area contributed by atoms with Crippen molar-refractivity contribution in [1.29, 1.82) is 0 Å². The quantitative estimate of drug-likeness (QED) is 0.0654. The molecular formula is C65H98N24O20S4. The number of aliphatic hydroxyl groups is 1. The number of hydrogen-bond donors (Lipinski definition) is 21. The minimum Gasteiger partial charge on any atom is -0.394 e. The maximum Gasteiger partial charge on any atom is 0.246 e.